The molecular weight excluding hydrogens is 410 g/mol. The first-order chi connectivity index (χ1) is 15.2. The molecule has 1 saturated heterocycles. The van der Waals surface area contributed by atoms with E-state index in [4.69, 9.17) is 4.74 Å². The Morgan fingerprint density at radius 1 is 1.22 bits per heavy atom. The number of fused-ring (bicyclic) bond motifs is 5. The molecule has 2 atom stereocenters. The summed E-state index contributed by atoms with van der Waals surface area (Å²) in [5, 5.41) is 11.1. The zero-order chi connectivity index (χ0) is 22.6. The topological polar surface area (TPSA) is 94.7 Å². The lowest BCUT2D eigenvalue weighted by molar-refractivity contribution is -0.386. The van der Waals surface area contributed by atoms with Gasteiger partial charge < -0.3 is 14.2 Å². The van der Waals surface area contributed by atoms with Crippen LogP contribution in [-0.4, -0.2) is 39.0 Å². The summed E-state index contributed by atoms with van der Waals surface area (Å²) in [7, 11) is 0. The van der Waals surface area contributed by atoms with Crippen LogP contribution in [0, 0.1) is 16.0 Å². The highest BCUT2D eigenvalue weighted by atomic mass is 16.6. The Balaban J connectivity index is 1.32. The minimum atomic E-state index is -0.625. The molecule has 4 heterocycles. The van der Waals surface area contributed by atoms with Crippen molar-refractivity contribution in [3.8, 4) is 5.75 Å². The molecule has 5 rings (SSSR count). The van der Waals surface area contributed by atoms with Crippen LogP contribution >= 0.6 is 0 Å². The summed E-state index contributed by atoms with van der Waals surface area (Å²) in [6.45, 7) is 5.71. The number of ether oxygens (including phenoxy) is 1. The predicted molar refractivity (Wildman–Crippen MR) is 118 cm³/mol. The van der Waals surface area contributed by atoms with Crippen LogP contribution in [0.3, 0.4) is 0 Å². The second-order valence-corrected chi connectivity index (χ2v) is 9.89. The van der Waals surface area contributed by atoms with E-state index in [1.807, 2.05) is 17.0 Å². The van der Waals surface area contributed by atoms with Crippen LogP contribution in [0.25, 0.3) is 0 Å². The molecule has 0 N–H and O–H groups in total. The van der Waals surface area contributed by atoms with Crippen molar-refractivity contribution in [2.45, 2.75) is 57.6 Å². The number of hydrogen-bond donors (Lipinski definition) is 0. The van der Waals surface area contributed by atoms with E-state index in [0.717, 1.165) is 41.8 Å². The second kappa shape index (κ2) is 7.46. The van der Waals surface area contributed by atoms with Crippen LogP contribution in [-0.2, 0) is 24.2 Å². The van der Waals surface area contributed by atoms with Gasteiger partial charge in [0.2, 0.25) is 5.91 Å². The van der Waals surface area contributed by atoms with Gasteiger partial charge in [-0.2, -0.15) is 0 Å². The van der Waals surface area contributed by atoms with Crippen LogP contribution in [0.4, 0.5) is 5.69 Å². The van der Waals surface area contributed by atoms with E-state index in [1.54, 1.807) is 10.6 Å². The van der Waals surface area contributed by atoms with E-state index in [1.165, 1.54) is 6.07 Å². The number of aromatic nitrogens is 1. The minimum absolute atomic E-state index is 0.0270. The lowest BCUT2D eigenvalue weighted by Crippen LogP contribution is -2.49. The summed E-state index contributed by atoms with van der Waals surface area (Å²) in [5.41, 5.74) is 1.85. The van der Waals surface area contributed by atoms with Crippen molar-refractivity contribution in [1.29, 1.82) is 0 Å². The molecule has 1 fully saturated rings. The zero-order valence-corrected chi connectivity index (χ0v) is 18.4. The fourth-order valence-corrected chi connectivity index (χ4v) is 5.39. The van der Waals surface area contributed by atoms with Crippen molar-refractivity contribution in [3.05, 3.63) is 67.6 Å². The fraction of sp³-hybridized carbons (Fsp3) is 0.500. The molecule has 8 heteroatoms. The Hall–Kier alpha value is -3.16. The van der Waals surface area contributed by atoms with E-state index in [-0.39, 0.29) is 29.0 Å². The summed E-state index contributed by atoms with van der Waals surface area (Å²) in [5.74, 6) is 1.14. The third-order valence-electron chi connectivity index (χ3n) is 7.00. The van der Waals surface area contributed by atoms with E-state index < -0.39 is 10.5 Å². The van der Waals surface area contributed by atoms with Gasteiger partial charge in [-0.3, -0.25) is 19.7 Å². The molecule has 2 bridgehead atoms. The summed E-state index contributed by atoms with van der Waals surface area (Å²) >= 11 is 0. The monoisotopic (exact) mass is 437 g/mol. The van der Waals surface area contributed by atoms with E-state index in [9.17, 15) is 19.7 Å². The second-order valence-electron chi connectivity index (χ2n) is 9.89. The third kappa shape index (κ3) is 3.67. The number of aryl methyl sites for hydroxylation is 1. The number of rotatable bonds is 3. The number of carbonyl (C=O) groups excluding carboxylic acids is 1. The van der Waals surface area contributed by atoms with Gasteiger partial charge in [0, 0.05) is 37.3 Å². The van der Waals surface area contributed by atoms with Crippen molar-refractivity contribution in [3.63, 3.8) is 0 Å². The number of benzene rings is 1. The summed E-state index contributed by atoms with van der Waals surface area (Å²) in [6, 6.07) is 9.00. The molecule has 168 valence electrons. The smallest absolute Gasteiger partial charge is 0.334 e. The minimum Gasteiger partial charge on any atom is -0.488 e. The van der Waals surface area contributed by atoms with Crippen molar-refractivity contribution in [1.82, 2.24) is 9.47 Å². The number of pyridine rings is 1. The van der Waals surface area contributed by atoms with E-state index in [2.05, 4.69) is 19.9 Å². The quantitative estimate of drug-likeness (QED) is 0.543. The number of nitro groups is 1. The van der Waals surface area contributed by atoms with Gasteiger partial charge in [0.05, 0.1) is 11.3 Å². The van der Waals surface area contributed by atoms with Gasteiger partial charge in [0.25, 0.3) is 0 Å². The Morgan fingerprint density at radius 2 is 2.03 bits per heavy atom. The molecule has 8 nitrogen and oxygen atoms in total. The molecule has 0 radical (unpaired) electrons. The predicted octanol–water partition coefficient (Wildman–Crippen LogP) is 3.05. The first kappa shape index (κ1) is 20.7. The van der Waals surface area contributed by atoms with Crippen LogP contribution < -0.4 is 10.3 Å². The highest BCUT2D eigenvalue weighted by Gasteiger charge is 2.37. The van der Waals surface area contributed by atoms with Gasteiger partial charge in [-0.1, -0.05) is 12.1 Å². The Morgan fingerprint density at radius 3 is 2.81 bits per heavy atom. The van der Waals surface area contributed by atoms with Gasteiger partial charge in [-0.05, 0) is 62.3 Å². The van der Waals surface area contributed by atoms with Crippen molar-refractivity contribution in [2.24, 2.45) is 5.92 Å². The number of amides is 1. The maximum Gasteiger partial charge on any atom is 0.334 e. The molecule has 0 saturated carbocycles. The van der Waals surface area contributed by atoms with Crippen molar-refractivity contribution >= 4 is 11.6 Å². The molecule has 0 unspecified atom stereocenters. The van der Waals surface area contributed by atoms with Gasteiger partial charge in [-0.15, -0.1) is 0 Å². The molecular formula is C24H27N3O5. The number of nitrogens with zero attached hydrogens (tertiary/aromatic N) is 3. The average Bonchev–Trinajstić information content (AvgIpc) is 2.74. The van der Waals surface area contributed by atoms with Gasteiger partial charge in [0.15, 0.2) is 0 Å². The lowest BCUT2D eigenvalue weighted by Gasteiger charge is -2.42. The summed E-state index contributed by atoms with van der Waals surface area (Å²) < 4.78 is 7.59. The molecule has 2 aromatic rings. The maximum atomic E-state index is 13.1. The molecule has 0 spiro atoms. The van der Waals surface area contributed by atoms with Gasteiger partial charge >= 0.3 is 11.2 Å². The average molecular weight is 437 g/mol. The summed E-state index contributed by atoms with van der Waals surface area (Å²) in [4.78, 5) is 38.1. The molecule has 1 aromatic carbocycles. The van der Waals surface area contributed by atoms with Crippen molar-refractivity contribution < 1.29 is 14.5 Å². The fourth-order valence-electron chi connectivity index (χ4n) is 5.39. The Labute approximate surface area is 185 Å². The Kier molecular flexibility index (Phi) is 4.83. The first-order valence-electron chi connectivity index (χ1n) is 11.2. The number of likely N-dealkylation sites (tertiary alicyclic amines) is 1. The molecule has 0 aliphatic carbocycles. The van der Waals surface area contributed by atoms with Crippen LogP contribution in [0.2, 0.25) is 0 Å². The van der Waals surface area contributed by atoms with Crippen LogP contribution in [0.15, 0.2) is 35.1 Å². The Bertz CT molecular complexity index is 1170. The zero-order valence-electron chi connectivity index (χ0n) is 18.4. The third-order valence-corrected chi connectivity index (χ3v) is 7.00. The lowest BCUT2D eigenvalue weighted by atomic mass is 9.83. The number of carbonyl (C=O) groups is 1. The molecule has 1 aromatic heterocycles. The highest BCUT2D eigenvalue weighted by molar-refractivity contribution is 5.79. The normalized spacial score (nSPS) is 23.0. The summed E-state index contributed by atoms with van der Waals surface area (Å²) in [6.07, 6.45) is 3.12. The SMILES string of the molecule is CC1(C)CCc2cc(CC(=O)N3C[C@H]4C[C@@H](C3)c3ccc([N+](=O)[O-])c(=O)n3C4)ccc2O1. The van der Waals surface area contributed by atoms with Crippen LogP contribution in [0.1, 0.15) is 49.4 Å². The van der Waals surface area contributed by atoms with Crippen molar-refractivity contribution in [2.75, 3.05) is 13.1 Å². The molecule has 32 heavy (non-hydrogen) atoms. The molecule has 3 aliphatic heterocycles. The first-order valence-corrected chi connectivity index (χ1v) is 11.2. The van der Waals surface area contributed by atoms with Gasteiger partial charge in [-0.25, -0.2) is 0 Å². The standard InChI is InChI=1S/C24H27N3O5/c1-24(2)8-7-17-9-15(3-6-21(17)32-24)11-22(28)25-12-16-10-18(14-25)19-4-5-20(27(30)31)23(29)26(19)13-16/h3-6,9,16,18H,7-8,10-14H2,1-2H3/t16-,18+/m1/s1. The largest absolute Gasteiger partial charge is 0.488 e. The van der Waals surface area contributed by atoms with E-state index in [0.29, 0.717) is 26.1 Å². The molecule has 1 amide bonds. The number of hydrogen-bond acceptors (Lipinski definition) is 5. The van der Waals surface area contributed by atoms with Gasteiger partial charge in [0.1, 0.15) is 11.4 Å². The maximum absolute atomic E-state index is 13.1. The number of piperidine rings is 1. The molecule has 3 aliphatic rings. The van der Waals surface area contributed by atoms with Crippen LogP contribution in [0.5, 0.6) is 5.75 Å². The van der Waals surface area contributed by atoms with E-state index >= 15 is 0 Å². The highest BCUT2D eigenvalue weighted by Crippen LogP contribution is 2.36.